The Morgan fingerprint density at radius 1 is 1.26 bits per heavy atom. The maximum atomic E-state index is 13.3. The quantitative estimate of drug-likeness (QED) is 0.194. The third-order valence-electron chi connectivity index (χ3n) is 6.15. The van der Waals surface area contributed by atoms with E-state index in [1.807, 2.05) is 0 Å². The van der Waals surface area contributed by atoms with Crippen molar-refractivity contribution in [2.24, 2.45) is 5.92 Å². The standard InChI is InChI=1S/C23H23N3O8/c1-13-5-3-4-6-17(13)24-34-23(19(28)11-18-20(14(2)27)21(29)25(18)23)22(30)33-12-15-7-9-16(10-8-15)26(31)32/h3-10,14,18,20,24,27H,11-12H2,1-2H3/t14-,18-,20-,23-/m1/s1. The summed E-state index contributed by atoms with van der Waals surface area (Å²) in [6.07, 6.45) is -1.18. The summed E-state index contributed by atoms with van der Waals surface area (Å²) in [5, 5.41) is 20.8. The first-order valence-electron chi connectivity index (χ1n) is 10.6. The van der Waals surface area contributed by atoms with Crippen LogP contribution in [0.4, 0.5) is 11.4 Å². The Balaban J connectivity index is 1.59. The summed E-state index contributed by atoms with van der Waals surface area (Å²) in [5.74, 6) is -3.19. The third kappa shape index (κ3) is 3.78. The molecule has 0 aliphatic carbocycles. The minimum absolute atomic E-state index is 0.124. The summed E-state index contributed by atoms with van der Waals surface area (Å²) in [4.78, 5) is 56.2. The Morgan fingerprint density at radius 3 is 2.56 bits per heavy atom. The summed E-state index contributed by atoms with van der Waals surface area (Å²) < 4.78 is 5.35. The number of anilines is 1. The van der Waals surface area contributed by atoms with Gasteiger partial charge in [0.25, 0.3) is 5.69 Å². The normalized spacial score (nSPS) is 24.3. The van der Waals surface area contributed by atoms with Crippen molar-refractivity contribution in [2.75, 3.05) is 5.48 Å². The largest absolute Gasteiger partial charge is 0.457 e. The van der Waals surface area contributed by atoms with Crippen LogP contribution >= 0.6 is 0 Å². The number of hydrogen-bond acceptors (Lipinski definition) is 9. The number of nitro benzene ring substituents is 1. The van der Waals surface area contributed by atoms with E-state index in [1.54, 1.807) is 31.2 Å². The fourth-order valence-electron chi connectivity index (χ4n) is 4.30. The highest BCUT2D eigenvalue weighted by Gasteiger charge is 2.72. The van der Waals surface area contributed by atoms with Gasteiger partial charge >= 0.3 is 11.7 Å². The smallest absolute Gasteiger partial charge is 0.371 e. The molecule has 1 amide bonds. The number of nitrogens with one attached hydrogen (secondary N) is 1. The number of carbonyl (C=O) groups excluding carboxylic acids is 3. The van der Waals surface area contributed by atoms with Crippen molar-refractivity contribution in [1.29, 1.82) is 0 Å². The van der Waals surface area contributed by atoms with Crippen LogP contribution in [0, 0.1) is 23.0 Å². The van der Waals surface area contributed by atoms with Gasteiger partial charge in [0, 0.05) is 18.6 Å². The number of aliphatic hydroxyl groups is 1. The molecule has 0 aromatic heterocycles. The topological polar surface area (TPSA) is 148 Å². The second-order valence-corrected chi connectivity index (χ2v) is 8.33. The first-order valence-corrected chi connectivity index (χ1v) is 10.6. The van der Waals surface area contributed by atoms with Crippen LogP contribution in [0.25, 0.3) is 0 Å². The third-order valence-corrected chi connectivity index (χ3v) is 6.15. The highest BCUT2D eigenvalue weighted by molar-refractivity contribution is 6.14. The van der Waals surface area contributed by atoms with Crippen LogP contribution in [0.15, 0.2) is 48.5 Å². The van der Waals surface area contributed by atoms with Crippen molar-refractivity contribution in [1.82, 2.24) is 4.90 Å². The Hall–Kier alpha value is -3.83. The van der Waals surface area contributed by atoms with E-state index >= 15 is 0 Å². The van der Waals surface area contributed by atoms with Gasteiger partial charge in [-0.25, -0.2) is 9.63 Å². The number of amides is 1. The number of hydrogen-bond donors (Lipinski definition) is 2. The van der Waals surface area contributed by atoms with Crippen LogP contribution in [0.3, 0.4) is 0 Å². The van der Waals surface area contributed by atoms with Gasteiger partial charge < -0.3 is 9.84 Å². The molecule has 2 saturated heterocycles. The average molecular weight is 469 g/mol. The number of nitro groups is 1. The van der Waals surface area contributed by atoms with Gasteiger partial charge in [-0.05, 0) is 43.2 Å². The van der Waals surface area contributed by atoms with Gasteiger partial charge in [0.1, 0.15) is 6.61 Å². The number of para-hydroxylation sites is 1. The van der Waals surface area contributed by atoms with E-state index in [0.29, 0.717) is 11.3 Å². The van der Waals surface area contributed by atoms with Crippen LogP contribution in [0.5, 0.6) is 0 Å². The van der Waals surface area contributed by atoms with Crippen molar-refractivity contribution >= 4 is 29.0 Å². The molecular weight excluding hydrogens is 446 g/mol. The monoisotopic (exact) mass is 469 g/mol. The van der Waals surface area contributed by atoms with Crippen LogP contribution < -0.4 is 5.48 Å². The minimum Gasteiger partial charge on any atom is -0.457 e. The van der Waals surface area contributed by atoms with Crippen molar-refractivity contribution < 1.29 is 34.0 Å². The van der Waals surface area contributed by atoms with Crippen molar-refractivity contribution in [3.63, 3.8) is 0 Å². The number of carbonyl (C=O) groups is 3. The Bertz CT molecular complexity index is 1150. The zero-order valence-corrected chi connectivity index (χ0v) is 18.5. The predicted octanol–water partition coefficient (Wildman–Crippen LogP) is 1.87. The van der Waals surface area contributed by atoms with Gasteiger partial charge in [-0.2, -0.15) is 0 Å². The van der Waals surface area contributed by atoms with E-state index in [4.69, 9.17) is 9.57 Å². The molecule has 0 radical (unpaired) electrons. The maximum Gasteiger partial charge on any atom is 0.371 e. The fraction of sp³-hybridized carbons (Fsp3) is 0.348. The summed E-state index contributed by atoms with van der Waals surface area (Å²) in [5.41, 5.74) is 1.84. The SMILES string of the molecule is Cc1ccccc1NO[C@@]1(C(=O)OCc2ccc([N+](=O)[O-])cc2)C(=O)C[C@@H]2[C@@H]([C@@H](C)O)C(=O)N21. The number of β-lactam (4-membered cyclic amide) rings is 1. The lowest BCUT2D eigenvalue weighted by molar-refractivity contribution is -0.384. The van der Waals surface area contributed by atoms with Gasteiger partial charge in [-0.1, -0.05) is 18.2 Å². The fourth-order valence-corrected chi connectivity index (χ4v) is 4.30. The van der Waals surface area contributed by atoms with E-state index in [9.17, 15) is 29.6 Å². The van der Waals surface area contributed by atoms with Crippen molar-refractivity contribution in [2.45, 2.75) is 44.7 Å². The lowest BCUT2D eigenvalue weighted by Crippen LogP contribution is -2.71. The molecule has 11 heteroatoms. The zero-order valence-electron chi connectivity index (χ0n) is 18.5. The molecule has 0 unspecified atom stereocenters. The van der Waals surface area contributed by atoms with E-state index < -0.39 is 46.4 Å². The number of ketones is 1. The lowest BCUT2D eigenvalue weighted by atomic mass is 9.84. The number of rotatable bonds is 8. The van der Waals surface area contributed by atoms with E-state index in [-0.39, 0.29) is 18.7 Å². The highest BCUT2D eigenvalue weighted by atomic mass is 16.7. The molecule has 2 N–H and O–H groups in total. The molecule has 4 atom stereocenters. The molecule has 4 rings (SSSR count). The molecular formula is C23H23N3O8. The first kappa shape index (κ1) is 23.3. The number of fused-ring (bicyclic) bond motifs is 1. The number of aliphatic hydroxyl groups excluding tert-OH is 1. The Morgan fingerprint density at radius 2 is 1.94 bits per heavy atom. The van der Waals surface area contributed by atoms with Crippen LogP contribution in [0.2, 0.25) is 0 Å². The second kappa shape index (κ2) is 8.84. The highest BCUT2D eigenvalue weighted by Crippen LogP contribution is 2.46. The summed E-state index contributed by atoms with van der Waals surface area (Å²) in [6, 6.07) is 11.7. The molecule has 2 fully saturated rings. The molecule has 2 aliphatic rings. The Labute approximate surface area is 194 Å². The van der Waals surface area contributed by atoms with E-state index in [0.717, 1.165) is 10.5 Å². The molecule has 2 aromatic carbocycles. The van der Waals surface area contributed by atoms with Crippen molar-refractivity contribution in [3.05, 3.63) is 69.8 Å². The lowest BCUT2D eigenvalue weighted by Gasteiger charge is -2.48. The number of Topliss-reactive ketones (excluding diaryl/α,β-unsaturated/α-hetero) is 1. The number of non-ortho nitro benzene ring substituents is 1. The second-order valence-electron chi connectivity index (χ2n) is 8.33. The Kier molecular flexibility index (Phi) is 6.07. The molecule has 11 nitrogen and oxygen atoms in total. The predicted molar refractivity (Wildman–Crippen MR) is 117 cm³/mol. The summed E-state index contributed by atoms with van der Waals surface area (Å²) >= 11 is 0. The molecule has 178 valence electrons. The number of aryl methyl sites for hydroxylation is 1. The molecule has 0 saturated carbocycles. The molecule has 2 aromatic rings. The molecule has 2 heterocycles. The van der Waals surface area contributed by atoms with E-state index in [1.165, 1.54) is 31.2 Å². The van der Waals surface area contributed by atoms with Gasteiger partial charge in [-0.3, -0.25) is 30.1 Å². The van der Waals surface area contributed by atoms with Crippen LogP contribution in [-0.2, 0) is 30.6 Å². The van der Waals surface area contributed by atoms with Gasteiger partial charge in [0.2, 0.25) is 11.7 Å². The van der Waals surface area contributed by atoms with Crippen LogP contribution in [0.1, 0.15) is 24.5 Å². The van der Waals surface area contributed by atoms with Crippen LogP contribution in [-0.4, -0.2) is 50.5 Å². The molecule has 0 bridgehead atoms. The van der Waals surface area contributed by atoms with Gasteiger partial charge in [0.05, 0.1) is 28.7 Å². The van der Waals surface area contributed by atoms with E-state index in [2.05, 4.69) is 5.48 Å². The summed E-state index contributed by atoms with van der Waals surface area (Å²) in [6.45, 7) is 2.94. The average Bonchev–Trinajstić information content (AvgIpc) is 3.05. The number of esters is 1. The first-order chi connectivity index (χ1) is 16.2. The number of benzene rings is 2. The maximum absolute atomic E-state index is 13.3. The zero-order chi connectivity index (χ0) is 24.6. The molecule has 34 heavy (non-hydrogen) atoms. The van der Waals surface area contributed by atoms with Crippen molar-refractivity contribution in [3.8, 4) is 0 Å². The number of ether oxygens (including phenoxy) is 1. The molecule has 0 spiro atoms. The summed E-state index contributed by atoms with van der Waals surface area (Å²) in [7, 11) is 0. The molecule has 2 aliphatic heterocycles. The van der Waals surface area contributed by atoms with Gasteiger partial charge in [0.15, 0.2) is 0 Å². The van der Waals surface area contributed by atoms with Gasteiger partial charge in [-0.15, -0.1) is 0 Å². The number of nitrogens with zero attached hydrogens (tertiary/aromatic N) is 2. The minimum atomic E-state index is -2.36.